The number of fused-ring (bicyclic) bond motifs is 5. The van der Waals surface area contributed by atoms with E-state index in [2.05, 4.69) is 208 Å². The van der Waals surface area contributed by atoms with Gasteiger partial charge in [0.2, 0.25) is 0 Å². The van der Waals surface area contributed by atoms with Crippen molar-refractivity contribution in [1.29, 1.82) is 0 Å². The maximum absolute atomic E-state index is 6.75. The van der Waals surface area contributed by atoms with Crippen LogP contribution in [0, 0.1) is 6.92 Å². The third-order valence-corrected chi connectivity index (χ3v) is 14.6. The van der Waals surface area contributed by atoms with Crippen LogP contribution in [0.5, 0.6) is 17.2 Å². The molecular weight excluding hydrogens is 877 g/mol. The fraction of sp³-hybridized carbons (Fsp3) is 0.188. The van der Waals surface area contributed by atoms with Gasteiger partial charge in [-0.1, -0.05) is 209 Å². The molecule has 0 aliphatic carbocycles. The zero-order valence-corrected chi connectivity index (χ0v) is 41.8. The van der Waals surface area contributed by atoms with Crippen molar-refractivity contribution in [1.82, 2.24) is 0 Å². The van der Waals surface area contributed by atoms with E-state index in [-0.39, 0.29) is 0 Å². The number of rotatable bonds is 18. The molecule has 72 heavy (non-hydrogen) atoms. The first kappa shape index (κ1) is 46.5. The van der Waals surface area contributed by atoms with E-state index in [4.69, 9.17) is 14.2 Å². The van der Waals surface area contributed by atoms with Gasteiger partial charge in [-0.05, 0) is 160 Å². The minimum Gasteiger partial charge on any atom is -0.496 e. The number of methoxy groups -OCH3 is 1. The van der Waals surface area contributed by atoms with Gasteiger partial charge in [0, 0.05) is 5.56 Å². The molecule has 0 atom stereocenters. The summed E-state index contributed by atoms with van der Waals surface area (Å²) in [6.07, 6.45) is 10.1. The maximum Gasteiger partial charge on any atom is 0.125 e. The normalized spacial score (nSPS) is 11.5. The minimum absolute atomic E-state index is 0.381. The number of hydrogen-bond donors (Lipinski definition) is 0. The van der Waals surface area contributed by atoms with Crippen LogP contribution in [-0.4, -0.2) is 13.7 Å². The first-order valence-corrected chi connectivity index (χ1v) is 26.1. The predicted octanol–water partition coefficient (Wildman–Crippen LogP) is 19.5. The van der Waals surface area contributed by atoms with Crippen LogP contribution in [0.2, 0.25) is 0 Å². The fourth-order valence-electron chi connectivity index (χ4n) is 11.1. The zero-order chi connectivity index (χ0) is 48.8. The Bertz CT molecular complexity index is 3700. The van der Waals surface area contributed by atoms with Gasteiger partial charge in [0.05, 0.1) is 13.7 Å². The van der Waals surface area contributed by atoms with Gasteiger partial charge >= 0.3 is 0 Å². The van der Waals surface area contributed by atoms with Gasteiger partial charge in [0.1, 0.15) is 23.9 Å². The molecule has 11 aromatic carbocycles. The van der Waals surface area contributed by atoms with Crippen LogP contribution in [0.15, 0.2) is 200 Å². The van der Waals surface area contributed by atoms with Crippen LogP contribution < -0.4 is 14.2 Å². The van der Waals surface area contributed by atoms with Crippen molar-refractivity contribution in [2.75, 3.05) is 13.7 Å². The Morgan fingerprint density at radius 3 is 1.47 bits per heavy atom. The van der Waals surface area contributed by atoms with Crippen molar-refractivity contribution in [3.05, 3.63) is 211 Å². The Morgan fingerprint density at radius 2 is 0.833 bits per heavy atom. The Kier molecular flexibility index (Phi) is 13.7. The topological polar surface area (TPSA) is 27.7 Å². The highest BCUT2D eigenvalue weighted by Gasteiger charge is 2.22. The lowest BCUT2D eigenvalue weighted by atomic mass is 9.82. The molecule has 3 heteroatoms. The third kappa shape index (κ3) is 9.40. The van der Waals surface area contributed by atoms with Gasteiger partial charge in [-0.15, -0.1) is 0 Å². The molecule has 0 bridgehead atoms. The first-order chi connectivity index (χ1) is 35.6. The van der Waals surface area contributed by atoms with Gasteiger partial charge in [0.15, 0.2) is 0 Å². The average molecular weight is 939 g/mol. The molecule has 0 spiro atoms. The van der Waals surface area contributed by atoms with Gasteiger partial charge in [0.25, 0.3) is 0 Å². The van der Waals surface area contributed by atoms with E-state index in [9.17, 15) is 0 Å². The highest BCUT2D eigenvalue weighted by molar-refractivity contribution is 6.25. The van der Waals surface area contributed by atoms with Crippen molar-refractivity contribution in [2.24, 2.45) is 0 Å². The van der Waals surface area contributed by atoms with Crippen LogP contribution in [0.25, 0.3) is 98.4 Å². The van der Waals surface area contributed by atoms with Crippen molar-refractivity contribution in [3.63, 3.8) is 0 Å². The first-order valence-electron chi connectivity index (χ1n) is 26.1. The summed E-state index contributed by atoms with van der Waals surface area (Å²) in [6.45, 7) is 5.46. The van der Waals surface area contributed by atoms with Crippen LogP contribution in [0.3, 0.4) is 0 Å². The van der Waals surface area contributed by atoms with E-state index in [1.54, 1.807) is 7.11 Å². The molecule has 0 N–H and O–H groups in total. The van der Waals surface area contributed by atoms with Gasteiger partial charge in [-0.2, -0.15) is 0 Å². The molecule has 0 amide bonds. The van der Waals surface area contributed by atoms with Crippen LogP contribution in [0.1, 0.15) is 69.4 Å². The molecule has 0 unspecified atom stereocenters. The van der Waals surface area contributed by atoms with Crippen molar-refractivity contribution in [2.45, 2.75) is 71.8 Å². The zero-order valence-electron chi connectivity index (χ0n) is 41.8. The molecule has 11 rings (SSSR count). The van der Waals surface area contributed by atoms with Gasteiger partial charge in [-0.3, -0.25) is 0 Å². The number of unbranched alkanes of at least 4 members (excludes halogenated alkanes) is 7. The van der Waals surface area contributed by atoms with Crippen molar-refractivity contribution in [3.8, 4) is 61.8 Å². The van der Waals surface area contributed by atoms with Crippen LogP contribution in [-0.2, 0) is 6.61 Å². The lowest BCUT2D eigenvalue weighted by Gasteiger charge is -2.22. The maximum atomic E-state index is 6.75. The molecule has 0 heterocycles. The molecule has 3 nitrogen and oxygen atoms in total. The highest BCUT2D eigenvalue weighted by Crippen LogP contribution is 2.49. The Balaban J connectivity index is 1.14. The minimum atomic E-state index is 0.381. The molecule has 0 fully saturated rings. The lowest BCUT2D eigenvalue weighted by molar-refractivity contribution is 0.297. The second-order valence-electron chi connectivity index (χ2n) is 19.4. The van der Waals surface area contributed by atoms with E-state index in [1.807, 2.05) is 6.07 Å². The fourth-order valence-corrected chi connectivity index (χ4v) is 11.1. The average Bonchev–Trinajstić information content (AvgIpc) is 3.43. The highest BCUT2D eigenvalue weighted by atomic mass is 16.5. The van der Waals surface area contributed by atoms with Crippen molar-refractivity contribution >= 4 is 53.9 Å². The summed E-state index contributed by atoms with van der Waals surface area (Å²) >= 11 is 0. The lowest BCUT2D eigenvalue weighted by Crippen LogP contribution is -2.00. The Labute approximate surface area is 424 Å². The summed E-state index contributed by atoms with van der Waals surface area (Å²) in [5.41, 5.74) is 11.7. The second-order valence-corrected chi connectivity index (χ2v) is 19.4. The smallest absolute Gasteiger partial charge is 0.125 e. The molecule has 0 saturated carbocycles. The third-order valence-electron chi connectivity index (χ3n) is 14.6. The predicted molar refractivity (Wildman–Crippen MR) is 306 cm³/mol. The Hall–Kier alpha value is -7.88. The number of aryl methyl sites for hydroxylation is 1. The molecule has 356 valence electrons. The molecule has 0 aromatic heterocycles. The van der Waals surface area contributed by atoms with E-state index >= 15 is 0 Å². The molecule has 0 radical (unpaired) electrons. The van der Waals surface area contributed by atoms with E-state index in [0.717, 1.165) is 61.9 Å². The van der Waals surface area contributed by atoms with Gasteiger partial charge in [-0.25, -0.2) is 0 Å². The van der Waals surface area contributed by atoms with Crippen LogP contribution in [0.4, 0.5) is 0 Å². The van der Waals surface area contributed by atoms with E-state index < -0.39 is 0 Å². The van der Waals surface area contributed by atoms with Gasteiger partial charge < -0.3 is 14.2 Å². The molecule has 0 aliphatic heterocycles. The number of ether oxygens (including phenoxy) is 3. The van der Waals surface area contributed by atoms with E-state index in [1.165, 1.54) is 116 Å². The van der Waals surface area contributed by atoms with E-state index in [0.29, 0.717) is 13.2 Å². The summed E-state index contributed by atoms with van der Waals surface area (Å²) < 4.78 is 19.3. The SMILES string of the molecule is CCCCCCCCCCOc1ccc2c(-c3ccc4ccccc4c3)c3cc(OCc4cc(C)ccc4OC)ccc3c(-c3ccc4c(-c5ccccc5)c5ccccc5c(-c5ccccc5)c4c3)c2c1. The Morgan fingerprint density at radius 1 is 0.347 bits per heavy atom. The molecule has 11 aromatic rings. The largest absolute Gasteiger partial charge is 0.496 e. The summed E-state index contributed by atoms with van der Waals surface area (Å²) in [7, 11) is 1.72. The summed E-state index contributed by atoms with van der Waals surface area (Å²) in [6, 6.07) is 73.2. The number of hydrogen-bond acceptors (Lipinski definition) is 3. The summed E-state index contributed by atoms with van der Waals surface area (Å²) in [5.74, 6) is 2.51. The second kappa shape index (κ2) is 21.2. The summed E-state index contributed by atoms with van der Waals surface area (Å²) in [4.78, 5) is 0. The molecular formula is C69H62O3. The molecule has 0 aliphatic rings. The standard InChI is InChI=1S/C69H62O3/c1-4-5-6-7-8-9-10-21-40-71-55-34-37-60-63(44-55)69(53-33-36-59-62(43-53)67(50-25-15-12-16-26-50)58-29-20-19-28-57(58)66(59)49-23-13-11-14-24-49)61-38-35-56(72-46-54-41-47(2)30-39-65(54)70-3)45-64(61)68(60)52-32-31-48-22-17-18-27-51(48)42-52/h11-20,22-39,41-45H,4-10,21,40,46H2,1-3H3. The van der Waals surface area contributed by atoms with Crippen LogP contribution >= 0.6 is 0 Å². The van der Waals surface area contributed by atoms with Crippen molar-refractivity contribution < 1.29 is 14.2 Å². The monoisotopic (exact) mass is 938 g/mol. The quantitative estimate of drug-likeness (QED) is 0.0634. The molecule has 0 saturated heterocycles. The number of benzene rings is 11. The summed E-state index contributed by atoms with van der Waals surface area (Å²) in [5, 5.41) is 11.9.